The Morgan fingerprint density at radius 2 is 2.00 bits per heavy atom. The van der Waals surface area contributed by atoms with Crippen molar-refractivity contribution in [2.24, 2.45) is 16.6 Å². The molecule has 3 heterocycles. The summed E-state index contributed by atoms with van der Waals surface area (Å²) in [6.07, 6.45) is 3.04. The van der Waals surface area contributed by atoms with Crippen molar-refractivity contribution >= 4 is 29.1 Å². The van der Waals surface area contributed by atoms with E-state index in [2.05, 4.69) is 21.1 Å². The van der Waals surface area contributed by atoms with Gasteiger partial charge in [0, 0.05) is 61.5 Å². The fraction of sp³-hybridized carbons (Fsp3) is 0.400. The number of aromatic nitrogens is 3. The van der Waals surface area contributed by atoms with E-state index in [1.165, 1.54) is 6.20 Å². The van der Waals surface area contributed by atoms with Crippen molar-refractivity contribution < 1.29 is 22.8 Å². The molecule has 1 saturated heterocycles. The number of Topliss-reactive ketones (excluding diaryl/α,β-unsaturated/α-hetero) is 1. The lowest BCUT2D eigenvalue weighted by atomic mass is 9.87. The molecule has 2 fully saturated rings. The number of amides is 1. The molecule has 0 atom stereocenters. The zero-order valence-electron chi connectivity index (χ0n) is 22.8. The third-order valence-electron chi connectivity index (χ3n) is 7.55. The van der Waals surface area contributed by atoms with Crippen LogP contribution in [0.5, 0.6) is 0 Å². The SMILES string of the molecule is N#CCC1(N=CC(=CN)c2cnn3c(-c4cccc(CC(=O)CCC(F)(F)F)c4)cnc3c2)CN(C(=O)CC2CC2)C1. The van der Waals surface area contributed by atoms with Crippen LogP contribution < -0.4 is 5.73 Å². The van der Waals surface area contributed by atoms with Gasteiger partial charge in [-0.15, -0.1) is 0 Å². The summed E-state index contributed by atoms with van der Waals surface area (Å²) in [7, 11) is 0. The lowest BCUT2D eigenvalue weighted by Gasteiger charge is -2.46. The van der Waals surface area contributed by atoms with Crippen LogP contribution in [0.25, 0.3) is 22.5 Å². The molecule has 1 aromatic carbocycles. The van der Waals surface area contributed by atoms with Crippen LogP contribution in [0.4, 0.5) is 13.2 Å². The molecule has 9 nitrogen and oxygen atoms in total. The molecule has 3 aromatic rings. The van der Waals surface area contributed by atoms with E-state index in [0.29, 0.717) is 59.0 Å². The van der Waals surface area contributed by atoms with Gasteiger partial charge >= 0.3 is 6.18 Å². The molecule has 5 rings (SSSR count). The number of ketones is 1. The number of imidazole rings is 1. The number of benzene rings is 1. The van der Waals surface area contributed by atoms with Crippen LogP contribution in [0.15, 0.2) is 53.9 Å². The van der Waals surface area contributed by atoms with Crippen LogP contribution in [0.1, 0.15) is 49.7 Å². The van der Waals surface area contributed by atoms with Crippen LogP contribution >= 0.6 is 0 Å². The highest BCUT2D eigenvalue weighted by atomic mass is 19.4. The molecule has 1 aliphatic heterocycles. The Bertz CT molecular complexity index is 1590. The second-order valence-electron chi connectivity index (χ2n) is 11.0. The quantitative estimate of drug-likeness (QED) is 0.334. The monoisotopic (exact) mass is 577 g/mol. The number of nitriles is 1. The Kier molecular flexibility index (Phi) is 8.11. The largest absolute Gasteiger partial charge is 0.404 e. The van der Waals surface area contributed by atoms with Crippen LogP contribution in [0.2, 0.25) is 0 Å². The Labute approximate surface area is 240 Å². The predicted molar refractivity (Wildman–Crippen MR) is 150 cm³/mol. The van der Waals surface area contributed by atoms with Gasteiger partial charge in [-0.1, -0.05) is 18.2 Å². The highest BCUT2D eigenvalue weighted by Crippen LogP contribution is 2.36. The lowest BCUT2D eigenvalue weighted by Crippen LogP contribution is -2.62. The smallest absolute Gasteiger partial charge is 0.389 e. The van der Waals surface area contributed by atoms with Gasteiger partial charge in [0.15, 0.2) is 5.65 Å². The minimum absolute atomic E-state index is 0.0953. The van der Waals surface area contributed by atoms with Crippen molar-refractivity contribution in [1.29, 1.82) is 5.26 Å². The fourth-order valence-corrected chi connectivity index (χ4v) is 5.01. The van der Waals surface area contributed by atoms with Gasteiger partial charge in [-0.3, -0.25) is 14.6 Å². The summed E-state index contributed by atoms with van der Waals surface area (Å²) in [5, 5.41) is 13.9. The number of hydrogen-bond acceptors (Lipinski definition) is 7. The van der Waals surface area contributed by atoms with Crippen molar-refractivity contribution in [3.63, 3.8) is 0 Å². The molecule has 2 aromatic heterocycles. The maximum Gasteiger partial charge on any atom is 0.389 e. The molecule has 1 saturated carbocycles. The topological polar surface area (TPSA) is 130 Å². The molecule has 1 amide bonds. The summed E-state index contributed by atoms with van der Waals surface area (Å²) in [5.41, 5.74) is 8.97. The van der Waals surface area contributed by atoms with Crippen molar-refractivity contribution in [2.75, 3.05) is 13.1 Å². The third kappa shape index (κ3) is 6.84. The van der Waals surface area contributed by atoms with Crippen molar-refractivity contribution in [3.05, 3.63) is 60.1 Å². The van der Waals surface area contributed by atoms with Gasteiger partial charge in [-0.25, -0.2) is 9.50 Å². The fourth-order valence-electron chi connectivity index (χ4n) is 5.01. The molecule has 0 spiro atoms. The van der Waals surface area contributed by atoms with E-state index in [-0.39, 0.29) is 18.7 Å². The number of carbonyl (C=O) groups is 2. The summed E-state index contributed by atoms with van der Waals surface area (Å²) < 4.78 is 39.0. The normalized spacial score (nSPS) is 16.9. The van der Waals surface area contributed by atoms with Gasteiger partial charge in [0.25, 0.3) is 0 Å². The zero-order valence-corrected chi connectivity index (χ0v) is 22.8. The number of allylic oxidation sites excluding steroid dienone is 1. The Balaban J connectivity index is 1.29. The molecule has 42 heavy (non-hydrogen) atoms. The predicted octanol–water partition coefficient (Wildman–Crippen LogP) is 4.52. The number of likely N-dealkylation sites (tertiary alicyclic amines) is 1. The minimum atomic E-state index is -4.37. The van der Waals surface area contributed by atoms with Gasteiger partial charge in [-0.2, -0.15) is 23.5 Å². The number of carbonyl (C=O) groups excluding carboxylic acids is 2. The van der Waals surface area contributed by atoms with Gasteiger partial charge in [0.05, 0.1) is 37.0 Å². The maximum absolute atomic E-state index is 12.5. The van der Waals surface area contributed by atoms with E-state index in [1.807, 2.05) is 6.07 Å². The first-order chi connectivity index (χ1) is 20.1. The summed E-state index contributed by atoms with van der Waals surface area (Å²) in [5.74, 6) is 0.123. The lowest BCUT2D eigenvalue weighted by molar-refractivity contribution is -0.143. The first kappa shape index (κ1) is 29.0. The molecular weight excluding hydrogens is 547 g/mol. The molecule has 12 heteroatoms. The van der Waals surface area contributed by atoms with E-state index >= 15 is 0 Å². The summed E-state index contributed by atoms with van der Waals surface area (Å²) in [4.78, 5) is 35.4. The van der Waals surface area contributed by atoms with E-state index in [0.717, 1.165) is 12.8 Å². The Hall–Kier alpha value is -4.53. The molecule has 0 unspecified atom stereocenters. The number of halogens is 3. The highest BCUT2D eigenvalue weighted by Gasteiger charge is 2.45. The van der Waals surface area contributed by atoms with E-state index in [9.17, 15) is 28.0 Å². The number of aliphatic imine (C=N–C) groups is 1. The second-order valence-corrected chi connectivity index (χ2v) is 11.0. The molecule has 0 bridgehead atoms. The zero-order chi connectivity index (χ0) is 29.9. The molecule has 2 aliphatic rings. The van der Waals surface area contributed by atoms with Gasteiger partial charge < -0.3 is 10.6 Å². The van der Waals surface area contributed by atoms with Gasteiger partial charge in [-0.05, 0) is 36.5 Å². The average molecular weight is 578 g/mol. The first-order valence-corrected chi connectivity index (χ1v) is 13.7. The summed E-state index contributed by atoms with van der Waals surface area (Å²) in [6, 6.07) is 11.0. The molecule has 0 radical (unpaired) electrons. The van der Waals surface area contributed by atoms with Crippen molar-refractivity contribution in [3.8, 4) is 17.3 Å². The Morgan fingerprint density at radius 3 is 2.69 bits per heavy atom. The van der Waals surface area contributed by atoms with E-state index in [1.54, 1.807) is 52.3 Å². The van der Waals surface area contributed by atoms with Crippen molar-refractivity contribution in [2.45, 2.75) is 56.7 Å². The maximum atomic E-state index is 12.5. The van der Waals surface area contributed by atoms with E-state index < -0.39 is 30.3 Å². The van der Waals surface area contributed by atoms with Crippen LogP contribution in [0.3, 0.4) is 0 Å². The third-order valence-corrected chi connectivity index (χ3v) is 7.55. The van der Waals surface area contributed by atoms with Crippen molar-refractivity contribution in [1.82, 2.24) is 19.5 Å². The van der Waals surface area contributed by atoms with Gasteiger partial charge in [0.2, 0.25) is 5.91 Å². The molecule has 1 aliphatic carbocycles. The number of hydrogen-bond donors (Lipinski definition) is 1. The van der Waals surface area contributed by atoms with Crippen LogP contribution in [-0.4, -0.2) is 62.2 Å². The van der Waals surface area contributed by atoms with Crippen LogP contribution in [0, 0.1) is 17.2 Å². The second kappa shape index (κ2) is 11.8. The Morgan fingerprint density at radius 1 is 1.21 bits per heavy atom. The minimum Gasteiger partial charge on any atom is -0.404 e. The molecule has 218 valence electrons. The number of nitrogens with zero attached hydrogens (tertiary/aromatic N) is 6. The molecule has 2 N–H and O–H groups in total. The number of alkyl halides is 3. The van der Waals surface area contributed by atoms with E-state index in [4.69, 9.17) is 5.73 Å². The van der Waals surface area contributed by atoms with Gasteiger partial charge in [0.1, 0.15) is 11.3 Å². The highest BCUT2D eigenvalue weighted by molar-refractivity contribution is 6.10. The standard InChI is InChI=1S/C30H30F3N7O2/c31-30(32,33)7-6-25(41)11-21-2-1-3-22(10-21)26-17-36-27-13-23(16-38-40(26)27)24(14-35)15-37-29(8-9-34)18-39(19-29)28(42)12-20-4-5-20/h1-3,10,13-17,20H,4-8,11-12,18-19,35H2. The first-order valence-electron chi connectivity index (χ1n) is 13.7. The van der Waals surface area contributed by atoms with Crippen LogP contribution in [-0.2, 0) is 16.0 Å². The summed E-state index contributed by atoms with van der Waals surface area (Å²) in [6.45, 7) is 0.794. The summed E-state index contributed by atoms with van der Waals surface area (Å²) >= 11 is 0. The number of fused-ring (bicyclic) bond motifs is 1. The average Bonchev–Trinajstić information content (AvgIpc) is 3.64. The number of rotatable bonds is 11. The number of nitrogens with two attached hydrogens (primary N) is 1. The molecular formula is C30H30F3N7O2.